The van der Waals surface area contributed by atoms with Crippen molar-refractivity contribution < 1.29 is 9.59 Å². The SMILES string of the molecule is CCN1CC(C(=O)N2CCCC3CCCCC32)CC1=O. The fourth-order valence-corrected chi connectivity index (χ4v) is 4.38. The number of piperidine rings is 1. The molecule has 2 saturated heterocycles. The Morgan fingerprint density at radius 3 is 2.70 bits per heavy atom. The summed E-state index contributed by atoms with van der Waals surface area (Å²) in [7, 11) is 0. The Hall–Kier alpha value is -1.06. The monoisotopic (exact) mass is 278 g/mol. The number of carbonyl (C=O) groups is 2. The molecule has 4 nitrogen and oxygen atoms in total. The lowest BCUT2D eigenvalue weighted by Gasteiger charge is -2.45. The Labute approximate surface area is 121 Å². The van der Waals surface area contributed by atoms with E-state index < -0.39 is 0 Å². The number of fused-ring (bicyclic) bond motifs is 1. The molecule has 0 radical (unpaired) electrons. The topological polar surface area (TPSA) is 40.6 Å². The summed E-state index contributed by atoms with van der Waals surface area (Å²) in [6, 6.07) is 0.468. The second-order valence-corrected chi connectivity index (χ2v) is 6.62. The lowest BCUT2D eigenvalue weighted by Crippen LogP contribution is -2.51. The molecular formula is C16H26N2O2. The van der Waals surface area contributed by atoms with Gasteiger partial charge in [-0.25, -0.2) is 0 Å². The summed E-state index contributed by atoms with van der Waals surface area (Å²) >= 11 is 0. The summed E-state index contributed by atoms with van der Waals surface area (Å²) in [6.45, 7) is 4.27. The first-order valence-electron chi connectivity index (χ1n) is 8.29. The van der Waals surface area contributed by atoms with Crippen molar-refractivity contribution in [1.82, 2.24) is 9.80 Å². The van der Waals surface area contributed by atoms with Gasteiger partial charge in [0.05, 0.1) is 5.92 Å². The van der Waals surface area contributed by atoms with Gasteiger partial charge < -0.3 is 9.80 Å². The second kappa shape index (κ2) is 5.74. The average Bonchev–Trinajstić information content (AvgIpc) is 2.87. The van der Waals surface area contributed by atoms with Crippen LogP contribution in [-0.2, 0) is 9.59 Å². The van der Waals surface area contributed by atoms with Gasteiger partial charge in [0.15, 0.2) is 0 Å². The van der Waals surface area contributed by atoms with Crippen molar-refractivity contribution >= 4 is 11.8 Å². The van der Waals surface area contributed by atoms with Crippen LogP contribution in [-0.4, -0.2) is 47.3 Å². The van der Waals surface area contributed by atoms with Crippen LogP contribution < -0.4 is 0 Å². The highest BCUT2D eigenvalue weighted by molar-refractivity contribution is 5.89. The van der Waals surface area contributed by atoms with E-state index in [1.807, 2.05) is 11.8 Å². The predicted molar refractivity (Wildman–Crippen MR) is 77.1 cm³/mol. The number of hydrogen-bond acceptors (Lipinski definition) is 2. The number of hydrogen-bond donors (Lipinski definition) is 0. The van der Waals surface area contributed by atoms with E-state index in [1.165, 1.54) is 32.1 Å². The molecule has 1 aliphatic carbocycles. The Kier molecular flexibility index (Phi) is 3.99. The van der Waals surface area contributed by atoms with Crippen molar-refractivity contribution in [3.05, 3.63) is 0 Å². The minimum Gasteiger partial charge on any atom is -0.342 e. The molecule has 1 saturated carbocycles. The summed E-state index contributed by atoms with van der Waals surface area (Å²) in [6.07, 6.45) is 7.92. The average molecular weight is 278 g/mol. The van der Waals surface area contributed by atoms with Gasteiger partial charge >= 0.3 is 0 Å². The van der Waals surface area contributed by atoms with E-state index in [-0.39, 0.29) is 17.7 Å². The van der Waals surface area contributed by atoms with Crippen LogP contribution in [0.1, 0.15) is 51.9 Å². The first kappa shape index (κ1) is 13.9. The number of carbonyl (C=O) groups excluding carboxylic acids is 2. The molecule has 0 aromatic heterocycles. The third-order valence-corrected chi connectivity index (χ3v) is 5.47. The summed E-state index contributed by atoms with van der Waals surface area (Å²) < 4.78 is 0. The largest absolute Gasteiger partial charge is 0.342 e. The minimum absolute atomic E-state index is 0.0804. The van der Waals surface area contributed by atoms with E-state index in [9.17, 15) is 9.59 Å². The maximum atomic E-state index is 12.8. The van der Waals surface area contributed by atoms with Crippen LogP contribution in [0.3, 0.4) is 0 Å². The van der Waals surface area contributed by atoms with Gasteiger partial charge in [0.1, 0.15) is 0 Å². The van der Waals surface area contributed by atoms with Gasteiger partial charge in [0, 0.05) is 32.1 Å². The molecule has 0 bridgehead atoms. The van der Waals surface area contributed by atoms with Crippen molar-refractivity contribution in [2.24, 2.45) is 11.8 Å². The van der Waals surface area contributed by atoms with E-state index in [2.05, 4.69) is 4.90 Å². The first-order chi connectivity index (χ1) is 9.70. The predicted octanol–water partition coefficient (Wildman–Crippen LogP) is 2.04. The molecule has 0 aromatic rings. The van der Waals surface area contributed by atoms with Gasteiger partial charge in [-0.05, 0) is 38.5 Å². The van der Waals surface area contributed by atoms with Crippen LogP contribution in [0.4, 0.5) is 0 Å². The summed E-state index contributed by atoms with van der Waals surface area (Å²) in [4.78, 5) is 28.6. The Morgan fingerprint density at radius 1 is 1.20 bits per heavy atom. The van der Waals surface area contributed by atoms with E-state index in [0.717, 1.165) is 25.4 Å². The molecule has 2 amide bonds. The molecule has 2 heterocycles. The lowest BCUT2D eigenvalue weighted by molar-refractivity contribution is -0.142. The van der Waals surface area contributed by atoms with E-state index >= 15 is 0 Å². The van der Waals surface area contributed by atoms with Crippen LogP contribution in [0.15, 0.2) is 0 Å². The summed E-state index contributed by atoms with van der Waals surface area (Å²) in [5, 5.41) is 0. The van der Waals surface area contributed by atoms with Gasteiger partial charge in [0.25, 0.3) is 0 Å². The Balaban J connectivity index is 1.68. The van der Waals surface area contributed by atoms with Crippen LogP contribution in [0.25, 0.3) is 0 Å². The number of amides is 2. The van der Waals surface area contributed by atoms with Gasteiger partial charge in [0.2, 0.25) is 11.8 Å². The van der Waals surface area contributed by atoms with E-state index in [4.69, 9.17) is 0 Å². The second-order valence-electron chi connectivity index (χ2n) is 6.62. The van der Waals surface area contributed by atoms with Crippen LogP contribution >= 0.6 is 0 Å². The molecular weight excluding hydrogens is 252 g/mol. The fourth-order valence-electron chi connectivity index (χ4n) is 4.38. The highest BCUT2D eigenvalue weighted by atomic mass is 16.2. The highest BCUT2D eigenvalue weighted by Gasteiger charge is 2.41. The minimum atomic E-state index is -0.0804. The van der Waals surface area contributed by atoms with Gasteiger partial charge in [-0.1, -0.05) is 12.8 Å². The molecule has 4 heteroatoms. The normalized spacial score (nSPS) is 34.2. The standard InChI is InChI=1S/C16H26N2O2/c1-2-17-11-13(10-15(17)19)16(20)18-9-5-7-12-6-3-4-8-14(12)18/h12-14H,2-11H2,1H3. The van der Waals surface area contributed by atoms with Crippen molar-refractivity contribution in [1.29, 1.82) is 0 Å². The first-order valence-corrected chi connectivity index (χ1v) is 8.29. The lowest BCUT2D eigenvalue weighted by atomic mass is 9.78. The van der Waals surface area contributed by atoms with Crippen LogP contribution in [0.5, 0.6) is 0 Å². The van der Waals surface area contributed by atoms with Crippen molar-refractivity contribution in [2.45, 2.75) is 57.9 Å². The van der Waals surface area contributed by atoms with E-state index in [0.29, 0.717) is 19.0 Å². The molecule has 0 N–H and O–H groups in total. The number of nitrogens with zero attached hydrogens (tertiary/aromatic N) is 2. The smallest absolute Gasteiger partial charge is 0.228 e. The zero-order valence-corrected chi connectivity index (χ0v) is 12.5. The zero-order valence-electron chi connectivity index (χ0n) is 12.5. The fraction of sp³-hybridized carbons (Fsp3) is 0.875. The molecule has 20 heavy (non-hydrogen) atoms. The molecule has 3 rings (SSSR count). The molecule has 3 aliphatic rings. The number of rotatable bonds is 2. The molecule has 3 fully saturated rings. The zero-order chi connectivity index (χ0) is 14.1. The van der Waals surface area contributed by atoms with Crippen molar-refractivity contribution in [2.75, 3.05) is 19.6 Å². The quantitative estimate of drug-likeness (QED) is 0.775. The molecule has 112 valence electrons. The Bertz CT molecular complexity index is 394. The number of likely N-dealkylation sites (tertiary alicyclic amines) is 2. The van der Waals surface area contributed by atoms with Crippen LogP contribution in [0, 0.1) is 11.8 Å². The van der Waals surface area contributed by atoms with Gasteiger partial charge in [-0.2, -0.15) is 0 Å². The maximum absolute atomic E-state index is 12.8. The van der Waals surface area contributed by atoms with E-state index in [1.54, 1.807) is 0 Å². The summed E-state index contributed by atoms with van der Waals surface area (Å²) in [5.41, 5.74) is 0. The van der Waals surface area contributed by atoms with Crippen LogP contribution in [0.2, 0.25) is 0 Å². The highest BCUT2D eigenvalue weighted by Crippen LogP contribution is 2.36. The molecule has 0 spiro atoms. The molecule has 3 atom stereocenters. The van der Waals surface area contributed by atoms with Crippen molar-refractivity contribution in [3.63, 3.8) is 0 Å². The third-order valence-electron chi connectivity index (χ3n) is 5.47. The molecule has 0 aromatic carbocycles. The van der Waals surface area contributed by atoms with Crippen molar-refractivity contribution in [3.8, 4) is 0 Å². The molecule has 2 aliphatic heterocycles. The Morgan fingerprint density at radius 2 is 1.95 bits per heavy atom. The maximum Gasteiger partial charge on any atom is 0.228 e. The molecule has 3 unspecified atom stereocenters. The van der Waals surface area contributed by atoms with Gasteiger partial charge in [-0.15, -0.1) is 0 Å². The summed E-state index contributed by atoms with van der Waals surface area (Å²) in [5.74, 6) is 1.05. The third kappa shape index (κ3) is 2.45. The van der Waals surface area contributed by atoms with Gasteiger partial charge in [-0.3, -0.25) is 9.59 Å².